The van der Waals surface area contributed by atoms with E-state index < -0.39 is 17.0 Å². The van der Waals surface area contributed by atoms with Crippen molar-refractivity contribution < 1.29 is 24.6 Å². The Hall–Kier alpha value is -2.99. The Morgan fingerprint density at radius 1 is 0.816 bits per heavy atom. The van der Waals surface area contributed by atoms with E-state index in [0.717, 1.165) is 35.1 Å². The molecule has 0 heterocycles. The van der Waals surface area contributed by atoms with Crippen LogP contribution in [0.5, 0.6) is 0 Å². The topological polar surface area (TPSA) is 94.9 Å². The Morgan fingerprint density at radius 3 is 1.66 bits per heavy atom. The van der Waals surface area contributed by atoms with Gasteiger partial charge in [0.25, 0.3) is 5.91 Å². The highest BCUT2D eigenvalue weighted by atomic mass is 16.4. The molecule has 2 N–H and O–H groups in total. The van der Waals surface area contributed by atoms with Crippen LogP contribution in [-0.4, -0.2) is 52.0 Å². The number of likely N-dealkylation sites (N-methyl/N-ethyl adjacent to an activating group) is 1. The average Bonchev–Trinajstić information content (AvgIpc) is 2.83. The van der Waals surface area contributed by atoms with Crippen LogP contribution in [0, 0.1) is 19.3 Å². The summed E-state index contributed by atoms with van der Waals surface area (Å²) in [5, 5.41) is 20.2. The minimum Gasteiger partial charge on any atom is -0.480 e. The van der Waals surface area contributed by atoms with Gasteiger partial charge in [0, 0.05) is 30.0 Å². The van der Waals surface area contributed by atoms with Crippen LogP contribution in [0.2, 0.25) is 0 Å². The first-order chi connectivity index (χ1) is 17.6. The van der Waals surface area contributed by atoms with Gasteiger partial charge in [0.2, 0.25) is 0 Å². The molecule has 2 aromatic carbocycles. The number of amides is 1. The number of aliphatic carboxylic acids is 1. The molecule has 0 saturated carbocycles. The summed E-state index contributed by atoms with van der Waals surface area (Å²) in [5.74, 6) is -1.44. The van der Waals surface area contributed by atoms with E-state index >= 15 is 0 Å². The van der Waals surface area contributed by atoms with Crippen LogP contribution in [-0.2, 0) is 10.2 Å². The van der Waals surface area contributed by atoms with Gasteiger partial charge >= 0.3 is 5.97 Å². The summed E-state index contributed by atoms with van der Waals surface area (Å²) in [4.78, 5) is 38.4. The van der Waals surface area contributed by atoms with Gasteiger partial charge in [0.1, 0.15) is 6.54 Å². The van der Waals surface area contributed by atoms with Gasteiger partial charge in [-0.3, -0.25) is 14.4 Å². The van der Waals surface area contributed by atoms with Crippen LogP contribution in [0.4, 0.5) is 0 Å². The van der Waals surface area contributed by atoms with Gasteiger partial charge in [-0.2, -0.15) is 0 Å². The average molecular weight is 524 g/mol. The molecule has 0 aromatic heterocycles. The molecule has 0 aliphatic rings. The molecule has 2 aromatic rings. The number of carboxylic acids is 1. The van der Waals surface area contributed by atoms with Crippen LogP contribution in [0.15, 0.2) is 36.4 Å². The van der Waals surface area contributed by atoms with Crippen molar-refractivity contribution in [1.82, 2.24) is 4.90 Å². The highest BCUT2D eigenvalue weighted by Gasteiger charge is 2.40. The molecule has 38 heavy (non-hydrogen) atoms. The number of carbonyl (C=O) groups is 3. The number of carboxylic acid groups (broad SMARTS) is 1. The number of rotatable bonds is 11. The van der Waals surface area contributed by atoms with Crippen molar-refractivity contribution in [2.75, 3.05) is 13.6 Å². The third-order valence-corrected chi connectivity index (χ3v) is 8.45. The summed E-state index contributed by atoms with van der Waals surface area (Å²) in [7, 11) is 1.49. The van der Waals surface area contributed by atoms with Gasteiger partial charge in [-0.15, -0.1) is 0 Å². The lowest BCUT2D eigenvalue weighted by atomic mass is 9.69. The van der Waals surface area contributed by atoms with E-state index in [1.807, 2.05) is 65.8 Å². The second-order valence-corrected chi connectivity index (χ2v) is 11.6. The lowest BCUT2D eigenvalue weighted by Gasteiger charge is -2.39. The number of nitrogens with zero attached hydrogens (tertiary/aromatic N) is 1. The molecule has 0 saturated heterocycles. The minimum absolute atomic E-state index is 0.0592. The second-order valence-electron chi connectivity index (χ2n) is 11.6. The second kappa shape index (κ2) is 11.8. The van der Waals surface area contributed by atoms with Gasteiger partial charge in [0.05, 0.1) is 5.60 Å². The van der Waals surface area contributed by atoms with Crippen LogP contribution >= 0.6 is 0 Å². The predicted octanol–water partition coefficient (Wildman–Crippen LogP) is 6.33. The van der Waals surface area contributed by atoms with E-state index in [-0.39, 0.29) is 30.1 Å². The summed E-state index contributed by atoms with van der Waals surface area (Å²) in [6.45, 7) is 15.5. The third-order valence-electron chi connectivity index (χ3n) is 8.45. The van der Waals surface area contributed by atoms with Gasteiger partial charge in [-0.25, -0.2) is 0 Å². The van der Waals surface area contributed by atoms with E-state index in [9.17, 15) is 19.5 Å². The van der Waals surface area contributed by atoms with E-state index in [1.165, 1.54) is 11.9 Å². The Morgan fingerprint density at radius 2 is 1.29 bits per heavy atom. The van der Waals surface area contributed by atoms with Gasteiger partial charge < -0.3 is 15.1 Å². The summed E-state index contributed by atoms with van der Waals surface area (Å²) in [6, 6.07) is 11.8. The Balaban J connectivity index is 2.47. The molecule has 208 valence electrons. The number of carbonyl (C=O) groups excluding carboxylic acids is 2. The van der Waals surface area contributed by atoms with Crippen LogP contribution in [0.1, 0.15) is 110 Å². The van der Waals surface area contributed by atoms with E-state index in [1.54, 1.807) is 6.07 Å². The quantitative estimate of drug-likeness (QED) is 0.336. The Bertz CT molecular complexity index is 1190. The van der Waals surface area contributed by atoms with Crippen molar-refractivity contribution >= 4 is 17.7 Å². The van der Waals surface area contributed by atoms with Crippen molar-refractivity contribution in [3.8, 4) is 0 Å². The molecule has 0 aliphatic carbocycles. The molecule has 0 radical (unpaired) electrons. The monoisotopic (exact) mass is 523 g/mol. The Labute approximate surface area is 228 Å². The smallest absolute Gasteiger partial charge is 0.323 e. The first-order valence-electron chi connectivity index (χ1n) is 13.5. The van der Waals surface area contributed by atoms with E-state index in [2.05, 4.69) is 19.9 Å². The standard InChI is InChI=1S/C32H45NO5/c1-10-31(11-2,24-14-16-26(22(5)18-24)29(37)33(9)20-28(35)36)23-13-15-25(21(4)17-23)27(34)19-32(38,12-3)30(6,7)8/h13-18,38H,10-12,19-20H2,1-9H3,(H,35,36). The van der Waals surface area contributed by atoms with Gasteiger partial charge in [0.15, 0.2) is 5.78 Å². The molecule has 1 atom stereocenters. The fourth-order valence-electron chi connectivity index (χ4n) is 5.47. The highest BCUT2D eigenvalue weighted by Crippen LogP contribution is 2.41. The fraction of sp³-hybridized carbons (Fsp3) is 0.531. The number of aliphatic hydroxyl groups is 1. The molecule has 6 nitrogen and oxygen atoms in total. The lowest BCUT2D eigenvalue weighted by molar-refractivity contribution is -0.137. The van der Waals surface area contributed by atoms with Crippen molar-refractivity contribution in [3.63, 3.8) is 0 Å². The molecule has 1 amide bonds. The van der Waals surface area contributed by atoms with Crippen LogP contribution in [0.3, 0.4) is 0 Å². The lowest BCUT2D eigenvalue weighted by Crippen LogP contribution is -2.44. The van der Waals surface area contributed by atoms with Crippen molar-refractivity contribution in [3.05, 3.63) is 69.8 Å². The maximum absolute atomic E-state index is 13.3. The SMILES string of the molecule is CCC(CC)(c1ccc(C(=O)CC(O)(CC)C(C)(C)C)c(C)c1)c1ccc(C(=O)N(C)CC(=O)O)c(C)c1. The normalized spacial score (nSPS) is 13.6. The zero-order valence-corrected chi connectivity index (χ0v) is 24.6. The molecular formula is C32H45NO5. The van der Waals surface area contributed by atoms with Gasteiger partial charge in [-0.05, 0) is 66.8 Å². The first-order valence-corrected chi connectivity index (χ1v) is 13.5. The van der Waals surface area contributed by atoms with Crippen LogP contribution < -0.4 is 0 Å². The summed E-state index contributed by atoms with van der Waals surface area (Å²) < 4.78 is 0. The molecule has 0 aliphatic heterocycles. The molecule has 1 unspecified atom stereocenters. The molecule has 0 fully saturated rings. The number of benzene rings is 2. The Kier molecular flexibility index (Phi) is 9.71. The maximum Gasteiger partial charge on any atom is 0.323 e. The first kappa shape index (κ1) is 31.2. The number of Topliss-reactive ketones (excluding diaryl/α,β-unsaturated/α-hetero) is 1. The number of hydrogen-bond donors (Lipinski definition) is 2. The zero-order valence-electron chi connectivity index (χ0n) is 24.6. The number of aryl methyl sites for hydroxylation is 2. The number of ketones is 1. The van der Waals surface area contributed by atoms with Crippen molar-refractivity contribution in [2.45, 2.75) is 92.1 Å². The number of hydrogen-bond acceptors (Lipinski definition) is 4. The molecule has 0 spiro atoms. The maximum atomic E-state index is 13.3. The van der Waals surface area contributed by atoms with Crippen molar-refractivity contribution in [2.24, 2.45) is 5.41 Å². The molecule has 0 bridgehead atoms. The third kappa shape index (κ3) is 6.17. The molecule has 2 rings (SSSR count). The summed E-state index contributed by atoms with van der Waals surface area (Å²) >= 11 is 0. The van der Waals surface area contributed by atoms with Crippen LogP contribution in [0.25, 0.3) is 0 Å². The van der Waals surface area contributed by atoms with Gasteiger partial charge in [-0.1, -0.05) is 71.9 Å². The minimum atomic E-state index is -1.08. The van der Waals surface area contributed by atoms with Crippen molar-refractivity contribution in [1.29, 1.82) is 0 Å². The highest BCUT2D eigenvalue weighted by molar-refractivity contribution is 5.98. The largest absolute Gasteiger partial charge is 0.480 e. The summed E-state index contributed by atoms with van der Waals surface area (Å²) in [6.07, 6.45) is 2.21. The summed E-state index contributed by atoms with van der Waals surface area (Å²) in [5.41, 5.74) is 3.14. The fourth-order valence-corrected chi connectivity index (χ4v) is 5.47. The molecular weight excluding hydrogens is 478 g/mol. The van der Waals surface area contributed by atoms with E-state index in [4.69, 9.17) is 5.11 Å². The van der Waals surface area contributed by atoms with E-state index in [0.29, 0.717) is 17.5 Å². The predicted molar refractivity (Wildman–Crippen MR) is 152 cm³/mol. The molecule has 6 heteroatoms. The zero-order chi connectivity index (χ0) is 29.1.